The molecule has 0 aliphatic rings. The van der Waals surface area contributed by atoms with Gasteiger partial charge in [0, 0.05) is 0 Å². The van der Waals surface area contributed by atoms with Crippen molar-refractivity contribution >= 4 is 29.2 Å². The van der Waals surface area contributed by atoms with Crippen LogP contribution in [0.25, 0.3) is 0 Å². The number of carbonyl (C=O) groups excluding carboxylic acids is 2. The first kappa shape index (κ1) is 17.0. The van der Waals surface area contributed by atoms with E-state index >= 15 is 0 Å². The molecule has 2 aromatic rings. The van der Waals surface area contributed by atoms with Gasteiger partial charge in [-0.05, 0) is 55.7 Å². The molecule has 1 amide bonds. The van der Waals surface area contributed by atoms with Gasteiger partial charge < -0.3 is 10.1 Å². The highest BCUT2D eigenvalue weighted by molar-refractivity contribution is 6.33. The second-order valence-electron chi connectivity index (χ2n) is 5.36. The highest BCUT2D eigenvalue weighted by atomic mass is 35.5. The average Bonchev–Trinajstić information content (AvgIpc) is 2.50. The number of aryl methyl sites for hydroxylation is 2. The Morgan fingerprint density at radius 2 is 1.87 bits per heavy atom. The molecular weight excluding hydrogens is 314 g/mol. The van der Waals surface area contributed by atoms with E-state index in [0.717, 1.165) is 16.7 Å². The van der Waals surface area contributed by atoms with Gasteiger partial charge in [0.05, 0.1) is 16.3 Å². The van der Waals surface area contributed by atoms with Gasteiger partial charge in [-0.25, -0.2) is 4.79 Å². The van der Waals surface area contributed by atoms with Gasteiger partial charge in [0.15, 0.2) is 6.61 Å². The Morgan fingerprint density at radius 3 is 2.57 bits per heavy atom. The summed E-state index contributed by atoms with van der Waals surface area (Å²) >= 11 is 6.05. The van der Waals surface area contributed by atoms with E-state index < -0.39 is 11.9 Å². The normalized spacial score (nSPS) is 10.3. The fourth-order valence-corrected chi connectivity index (χ4v) is 2.37. The molecule has 5 heteroatoms. The molecule has 23 heavy (non-hydrogen) atoms. The Bertz CT molecular complexity index is 756. The zero-order valence-corrected chi connectivity index (χ0v) is 14.0. The Kier molecular flexibility index (Phi) is 5.40. The second kappa shape index (κ2) is 7.29. The molecule has 0 saturated carbocycles. The number of ether oxygens (including phenoxy) is 1. The third-order valence-electron chi connectivity index (χ3n) is 3.56. The van der Waals surface area contributed by atoms with Crippen molar-refractivity contribution in [2.45, 2.75) is 20.8 Å². The van der Waals surface area contributed by atoms with Crippen molar-refractivity contribution in [3.63, 3.8) is 0 Å². The van der Waals surface area contributed by atoms with Gasteiger partial charge in [-0.15, -0.1) is 0 Å². The van der Waals surface area contributed by atoms with Gasteiger partial charge in [-0.1, -0.05) is 29.8 Å². The van der Waals surface area contributed by atoms with Crippen LogP contribution in [0.2, 0.25) is 5.02 Å². The zero-order chi connectivity index (χ0) is 17.0. The van der Waals surface area contributed by atoms with Crippen LogP contribution in [0.15, 0.2) is 36.4 Å². The molecule has 0 fully saturated rings. The molecule has 0 heterocycles. The highest BCUT2D eigenvalue weighted by Crippen LogP contribution is 2.22. The van der Waals surface area contributed by atoms with Crippen molar-refractivity contribution in [2.24, 2.45) is 0 Å². The lowest BCUT2D eigenvalue weighted by atomic mass is 10.0. The molecule has 4 nitrogen and oxygen atoms in total. The SMILES string of the molecule is Cc1ccc(NC(=O)COC(=O)c2cccc(C)c2C)c(Cl)c1. The van der Waals surface area contributed by atoms with E-state index in [-0.39, 0.29) is 6.61 Å². The van der Waals surface area contributed by atoms with E-state index in [4.69, 9.17) is 16.3 Å². The van der Waals surface area contributed by atoms with Crippen molar-refractivity contribution in [1.29, 1.82) is 0 Å². The summed E-state index contributed by atoms with van der Waals surface area (Å²) in [7, 11) is 0. The van der Waals surface area contributed by atoms with Crippen LogP contribution in [0.5, 0.6) is 0 Å². The lowest BCUT2D eigenvalue weighted by Gasteiger charge is -2.10. The number of hydrogen-bond acceptors (Lipinski definition) is 3. The van der Waals surface area contributed by atoms with Crippen molar-refractivity contribution < 1.29 is 14.3 Å². The van der Waals surface area contributed by atoms with Crippen LogP contribution in [0.1, 0.15) is 27.0 Å². The third kappa shape index (κ3) is 4.33. The molecular formula is C18H18ClNO3. The fourth-order valence-electron chi connectivity index (χ4n) is 2.09. The van der Waals surface area contributed by atoms with Gasteiger partial charge in [-0.2, -0.15) is 0 Å². The molecule has 0 aromatic heterocycles. The van der Waals surface area contributed by atoms with E-state index in [0.29, 0.717) is 16.3 Å². The van der Waals surface area contributed by atoms with Crippen LogP contribution in [-0.4, -0.2) is 18.5 Å². The first-order valence-corrected chi connectivity index (χ1v) is 7.55. The number of halogens is 1. The van der Waals surface area contributed by atoms with E-state index in [1.165, 1.54) is 0 Å². The molecule has 120 valence electrons. The summed E-state index contributed by atoms with van der Waals surface area (Å²) in [5, 5.41) is 3.07. The molecule has 0 aliphatic heterocycles. The van der Waals surface area contributed by atoms with Crippen LogP contribution in [0, 0.1) is 20.8 Å². The predicted molar refractivity (Wildman–Crippen MR) is 91.0 cm³/mol. The Balaban J connectivity index is 1.96. The summed E-state index contributed by atoms with van der Waals surface area (Å²) in [6.45, 7) is 5.30. The molecule has 0 spiro atoms. The van der Waals surface area contributed by atoms with Gasteiger partial charge in [0.2, 0.25) is 0 Å². The van der Waals surface area contributed by atoms with E-state index in [2.05, 4.69) is 5.32 Å². The van der Waals surface area contributed by atoms with Crippen molar-refractivity contribution in [2.75, 3.05) is 11.9 Å². The van der Waals surface area contributed by atoms with Crippen molar-refractivity contribution in [1.82, 2.24) is 0 Å². The first-order valence-electron chi connectivity index (χ1n) is 7.18. The standard InChI is InChI=1S/C18H18ClNO3/c1-11-7-8-16(15(19)9-11)20-17(21)10-23-18(22)14-6-4-5-12(2)13(14)3/h4-9H,10H2,1-3H3,(H,20,21). The molecule has 0 bridgehead atoms. The maximum Gasteiger partial charge on any atom is 0.338 e. The van der Waals surface area contributed by atoms with Gasteiger partial charge in [-0.3, -0.25) is 4.79 Å². The lowest BCUT2D eigenvalue weighted by Crippen LogP contribution is -2.21. The number of amides is 1. The predicted octanol–water partition coefficient (Wildman–Crippen LogP) is 4.06. The van der Waals surface area contributed by atoms with Crippen LogP contribution in [-0.2, 0) is 9.53 Å². The molecule has 0 radical (unpaired) electrons. The zero-order valence-electron chi connectivity index (χ0n) is 13.3. The van der Waals surface area contributed by atoms with Gasteiger partial charge in [0.1, 0.15) is 0 Å². The molecule has 0 atom stereocenters. The van der Waals surface area contributed by atoms with Crippen LogP contribution >= 0.6 is 11.6 Å². The first-order chi connectivity index (χ1) is 10.9. The topological polar surface area (TPSA) is 55.4 Å². The molecule has 0 saturated heterocycles. The molecule has 0 unspecified atom stereocenters. The largest absolute Gasteiger partial charge is 0.452 e. The molecule has 1 N–H and O–H groups in total. The minimum atomic E-state index is -0.517. The number of rotatable bonds is 4. The minimum absolute atomic E-state index is 0.365. The van der Waals surface area contributed by atoms with Crippen molar-refractivity contribution in [3.05, 3.63) is 63.7 Å². The molecule has 0 aliphatic carbocycles. The Morgan fingerprint density at radius 1 is 1.13 bits per heavy atom. The number of esters is 1. The van der Waals surface area contributed by atoms with Crippen LogP contribution in [0.3, 0.4) is 0 Å². The quantitative estimate of drug-likeness (QED) is 0.859. The third-order valence-corrected chi connectivity index (χ3v) is 3.87. The molecule has 2 aromatic carbocycles. The van der Waals surface area contributed by atoms with Crippen molar-refractivity contribution in [3.8, 4) is 0 Å². The number of carbonyl (C=O) groups is 2. The summed E-state index contributed by atoms with van der Waals surface area (Å²) in [6, 6.07) is 10.7. The average molecular weight is 332 g/mol. The van der Waals surface area contributed by atoms with Crippen LogP contribution in [0.4, 0.5) is 5.69 Å². The number of nitrogens with one attached hydrogen (secondary N) is 1. The second-order valence-corrected chi connectivity index (χ2v) is 5.76. The number of hydrogen-bond donors (Lipinski definition) is 1. The summed E-state index contributed by atoms with van der Waals surface area (Å²) in [5.74, 6) is -0.953. The smallest absolute Gasteiger partial charge is 0.338 e. The Hall–Kier alpha value is -2.33. The number of benzene rings is 2. The van der Waals surface area contributed by atoms with E-state index in [1.54, 1.807) is 24.3 Å². The maximum absolute atomic E-state index is 12.1. The van der Waals surface area contributed by atoms with Gasteiger partial charge >= 0.3 is 5.97 Å². The summed E-state index contributed by atoms with van der Waals surface area (Å²) < 4.78 is 5.07. The monoisotopic (exact) mass is 331 g/mol. The minimum Gasteiger partial charge on any atom is -0.452 e. The van der Waals surface area contributed by atoms with E-state index in [1.807, 2.05) is 32.9 Å². The molecule has 2 rings (SSSR count). The van der Waals surface area contributed by atoms with Crippen LogP contribution < -0.4 is 5.32 Å². The summed E-state index contributed by atoms with van der Waals surface area (Å²) in [6.07, 6.45) is 0. The maximum atomic E-state index is 12.1. The highest BCUT2D eigenvalue weighted by Gasteiger charge is 2.14. The van der Waals surface area contributed by atoms with Gasteiger partial charge in [0.25, 0.3) is 5.91 Å². The number of anilines is 1. The Labute approximate surface area is 140 Å². The fraction of sp³-hybridized carbons (Fsp3) is 0.222. The summed E-state index contributed by atoms with van der Waals surface area (Å²) in [5.41, 5.74) is 3.79. The van der Waals surface area contributed by atoms with E-state index in [9.17, 15) is 9.59 Å². The lowest BCUT2D eigenvalue weighted by molar-refractivity contribution is -0.119. The summed E-state index contributed by atoms with van der Waals surface area (Å²) in [4.78, 5) is 23.9.